The third-order valence-corrected chi connectivity index (χ3v) is 8.21. The van der Waals surface area contributed by atoms with Crippen LogP contribution in [0, 0.1) is 0 Å². The molecule has 0 fully saturated rings. The van der Waals surface area contributed by atoms with Gasteiger partial charge in [-0.3, -0.25) is 19.4 Å². The van der Waals surface area contributed by atoms with Crippen LogP contribution in [0.1, 0.15) is 42.6 Å². The lowest BCUT2D eigenvalue weighted by atomic mass is 10.0. The van der Waals surface area contributed by atoms with Gasteiger partial charge in [0.1, 0.15) is 0 Å². The first-order valence-electron chi connectivity index (χ1n) is 10.8. The van der Waals surface area contributed by atoms with Gasteiger partial charge in [0.15, 0.2) is 5.78 Å². The first kappa shape index (κ1) is 26.1. The molecule has 0 aliphatic carbocycles. The Morgan fingerprint density at radius 2 is 1.86 bits per heavy atom. The Bertz CT molecular complexity index is 1370. The Hall–Kier alpha value is -2.98. The second kappa shape index (κ2) is 11.8. The van der Waals surface area contributed by atoms with Gasteiger partial charge in [-0.2, -0.15) is 5.10 Å². The number of hydrazone groups is 1. The van der Waals surface area contributed by atoms with E-state index in [-0.39, 0.29) is 11.7 Å². The van der Waals surface area contributed by atoms with Crippen molar-refractivity contribution >= 4 is 69.6 Å². The molecule has 0 saturated carbocycles. The zero-order chi connectivity index (χ0) is 25.7. The molecule has 3 aromatic rings. The summed E-state index contributed by atoms with van der Waals surface area (Å²) in [5, 5.41) is 9.01. The van der Waals surface area contributed by atoms with Crippen LogP contribution >= 0.6 is 46.3 Å². The number of hydrogen-bond donors (Lipinski definition) is 2. The normalized spacial score (nSPS) is 15.5. The molecule has 0 radical (unpaired) electrons. The molecule has 2 N–H and O–H groups in total. The zero-order valence-corrected chi connectivity index (χ0v) is 22.1. The number of ketones is 1. The molecule has 2 aromatic heterocycles. The molecule has 1 aliphatic rings. The van der Waals surface area contributed by atoms with Crippen LogP contribution in [0.15, 0.2) is 70.9 Å². The molecule has 2 amide bonds. The maximum absolute atomic E-state index is 12.9. The molecule has 184 valence electrons. The van der Waals surface area contributed by atoms with Crippen LogP contribution in [0.25, 0.3) is 0 Å². The van der Waals surface area contributed by atoms with Gasteiger partial charge in [0.05, 0.1) is 30.8 Å². The number of allylic oxidation sites excluding steroid dienone is 1. The highest BCUT2D eigenvalue weighted by Crippen LogP contribution is 2.41. The number of thiophene rings is 1. The van der Waals surface area contributed by atoms with Crippen molar-refractivity contribution in [3.63, 3.8) is 0 Å². The van der Waals surface area contributed by atoms with E-state index < -0.39 is 11.2 Å². The molecule has 11 heteroatoms. The van der Waals surface area contributed by atoms with Crippen molar-refractivity contribution in [3.8, 4) is 0 Å². The van der Waals surface area contributed by atoms with E-state index in [1.54, 1.807) is 55.1 Å². The lowest BCUT2D eigenvalue weighted by molar-refractivity contribution is -0.114. The van der Waals surface area contributed by atoms with Crippen LogP contribution in [-0.2, 0) is 11.2 Å². The first-order chi connectivity index (χ1) is 17.3. The summed E-state index contributed by atoms with van der Waals surface area (Å²) in [6.07, 6.45) is 4.11. The number of nitrogens with zero attached hydrogens (tertiary/aromatic N) is 2. The van der Waals surface area contributed by atoms with Crippen molar-refractivity contribution in [2.24, 2.45) is 5.10 Å². The Kier molecular flexibility index (Phi) is 8.58. The molecule has 1 unspecified atom stereocenters. The number of amides is 2. The first-order valence-corrected chi connectivity index (χ1v) is 13.3. The summed E-state index contributed by atoms with van der Waals surface area (Å²) in [6.45, 7) is 2.11. The minimum Gasteiger partial charge on any atom is -0.351 e. The minimum absolute atomic E-state index is 0.129. The SMILES string of the molecule is C/C(=N\NC(=O)c1ccc(C(=O)NCCc2cccnc2)s1)C1=CSC(c2ccc(Cl)c(Cl)c2)C1=O. The van der Waals surface area contributed by atoms with Crippen molar-refractivity contribution < 1.29 is 14.4 Å². The number of Topliss-reactive ketones (excluding diaryl/α,β-unsaturated/α-hetero) is 1. The van der Waals surface area contributed by atoms with Crippen molar-refractivity contribution in [3.05, 3.63) is 96.8 Å². The minimum atomic E-state index is -0.464. The average Bonchev–Trinajstić information content (AvgIpc) is 3.52. The molecule has 0 spiro atoms. The second-order valence-corrected chi connectivity index (χ2v) is 10.6. The maximum atomic E-state index is 12.9. The number of carbonyl (C=O) groups is 3. The molecular weight excluding hydrogens is 539 g/mol. The van der Waals surface area contributed by atoms with Gasteiger partial charge in [-0.05, 0) is 60.2 Å². The Labute approximate surface area is 226 Å². The fourth-order valence-corrected chi connectivity index (χ4v) is 5.58. The fraction of sp³-hybridized carbons (Fsp3) is 0.160. The summed E-state index contributed by atoms with van der Waals surface area (Å²) in [5.74, 6) is -0.849. The van der Waals surface area contributed by atoms with E-state index in [1.807, 2.05) is 12.1 Å². The van der Waals surface area contributed by atoms with Crippen molar-refractivity contribution in [2.45, 2.75) is 18.6 Å². The van der Waals surface area contributed by atoms with Gasteiger partial charge >= 0.3 is 0 Å². The van der Waals surface area contributed by atoms with E-state index in [4.69, 9.17) is 23.2 Å². The molecule has 1 aromatic carbocycles. The molecule has 36 heavy (non-hydrogen) atoms. The van der Waals surface area contributed by atoms with Crippen molar-refractivity contribution in [1.82, 2.24) is 15.7 Å². The molecule has 1 aliphatic heterocycles. The molecule has 0 saturated heterocycles. The number of hydrogen-bond acceptors (Lipinski definition) is 7. The Morgan fingerprint density at radius 3 is 2.58 bits per heavy atom. The fourth-order valence-electron chi connectivity index (χ4n) is 3.35. The van der Waals surface area contributed by atoms with Crippen LogP contribution in [0.5, 0.6) is 0 Å². The van der Waals surface area contributed by atoms with Crippen LogP contribution in [0.2, 0.25) is 10.0 Å². The zero-order valence-electron chi connectivity index (χ0n) is 19.0. The van der Waals surface area contributed by atoms with E-state index in [9.17, 15) is 14.4 Å². The molecular formula is C25H20Cl2N4O3S2. The standard InChI is InChI=1S/C25H20Cl2N4O3S2/c1-14(17-13-35-23(22(17)32)16-4-5-18(26)19(27)11-16)30-31-25(34)21-7-6-20(36-21)24(33)29-10-8-15-3-2-9-28-12-15/h2-7,9,11-13,23H,8,10H2,1H3,(H,29,33)(H,31,34)/b30-14+. The number of benzene rings is 1. The van der Waals surface area contributed by atoms with Gasteiger partial charge in [-0.1, -0.05) is 35.3 Å². The number of pyridine rings is 1. The van der Waals surface area contributed by atoms with E-state index >= 15 is 0 Å². The lowest BCUT2D eigenvalue weighted by Gasteiger charge is -2.10. The van der Waals surface area contributed by atoms with E-state index in [2.05, 4.69) is 20.8 Å². The predicted octanol–water partition coefficient (Wildman–Crippen LogP) is 5.47. The van der Waals surface area contributed by atoms with Gasteiger partial charge in [0, 0.05) is 24.5 Å². The van der Waals surface area contributed by atoms with Crippen LogP contribution in [-0.4, -0.2) is 34.8 Å². The summed E-state index contributed by atoms with van der Waals surface area (Å²) >= 11 is 14.5. The third-order valence-electron chi connectivity index (χ3n) is 5.26. The van der Waals surface area contributed by atoms with Gasteiger partial charge in [0.25, 0.3) is 11.8 Å². The highest BCUT2D eigenvalue weighted by Gasteiger charge is 2.31. The summed E-state index contributed by atoms with van der Waals surface area (Å²) in [5.41, 5.74) is 5.03. The molecule has 3 heterocycles. The van der Waals surface area contributed by atoms with Gasteiger partial charge in [-0.15, -0.1) is 23.1 Å². The van der Waals surface area contributed by atoms with Crippen molar-refractivity contribution in [2.75, 3.05) is 6.54 Å². The predicted molar refractivity (Wildman–Crippen MR) is 145 cm³/mol. The number of thioether (sulfide) groups is 1. The van der Waals surface area contributed by atoms with Gasteiger partial charge < -0.3 is 5.32 Å². The summed E-state index contributed by atoms with van der Waals surface area (Å²) in [7, 11) is 0. The molecule has 1 atom stereocenters. The monoisotopic (exact) mass is 558 g/mol. The number of nitrogens with one attached hydrogen (secondary N) is 2. The summed E-state index contributed by atoms with van der Waals surface area (Å²) in [6, 6.07) is 12.0. The van der Waals surface area contributed by atoms with Crippen LogP contribution < -0.4 is 10.7 Å². The maximum Gasteiger partial charge on any atom is 0.281 e. The van der Waals surface area contributed by atoms with Crippen LogP contribution in [0.4, 0.5) is 0 Å². The number of rotatable bonds is 8. The Balaban J connectivity index is 1.31. The molecule has 0 bridgehead atoms. The second-order valence-electron chi connectivity index (χ2n) is 7.75. The summed E-state index contributed by atoms with van der Waals surface area (Å²) in [4.78, 5) is 42.7. The topological polar surface area (TPSA) is 101 Å². The molecule has 7 nitrogen and oxygen atoms in total. The number of carbonyl (C=O) groups excluding carboxylic acids is 3. The Morgan fingerprint density at radius 1 is 1.08 bits per heavy atom. The largest absolute Gasteiger partial charge is 0.351 e. The van der Waals surface area contributed by atoms with Gasteiger partial charge in [0.2, 0.25) is 0 Å². The highest BCUT2D eigenvalue weighted by atomic mass is 35.5. The van der Waals surface area contributed by atoms with Crippen molar-refractivity contribution in [1.29, 1.82) is 0 Å². The van der Waals surface area contributed by atoms with Crippen LogP contribution in [0.3, 0.4) is 0 Å². The highest BCUT2D eigenvalue weighted by molar-refractivity contribution is 8.03. The van der Waals surface area contributed by atoms with Gasteiger partial charge in [-0.25, -0.2) is 5.43 Å². The number of aromatic nitrogens is 1. The van der Waals surface area contributed by atoms with E-state index in [1.165, 1.54) is 11.8 Å². The van der Waals surface area contributed by atoms with E-state index in [0.717, 1.165) is 22.5 Å². The smallest absolute Gasteiger partial charge is 0.281 e. The van der Waals surface area contributed by atoms with E-state index in [0.29, 0.717) is 44.0 Å². The third kappa shape index (κ3) is 6.22. The quantitative estimate of drug-likeness (QED) is 0.282. The average molecular weight is 560 g/mol. The number of halogens is 2. The summed E-state index contributed by atoms with van der Waals surface area (Å²) < 4.78 is 0. The molecule has 4 rings (SSSR count). The lowest BCUT2D eigenvalue weighted by Crippen LogP contribution is -2.24.